The summed E-state index contributed by atoms with van der Waals surface area (Å²) in [5.41, 5.74) is 0. The van der Waals surface area contributed by atoms with E-state index < -0.39 is 0 Å². The van der Waals surface area contributed by atoms with Crippen molar-refractivity contribution in [3.05, 3.63) is 0 Å². The Kier molecular flexibility index (Phi) is 19.9. The molecular formula is C16H34IN2NaO5+2. The molecule has 2 saturated heterocycles. The Bertz CT molecular complexity index is 249. The number of ether oxygens (including phenoxy) is 5. The first-order valence-corrected chi connectivity index (χ1v) is 9.01. The van der Waals surface area contributed by atoms with Gasteiger partial charge >= 0.3 is 29.6 Å². The van der Waals surface area contributed by atoms with Gasteiger partial charge in [-0.1, -0.05) is 0 Å². The maximum atomic E-state index is 5.84. The number of halogens is 1. The fraction of sp³-hybridized carbons (Fsp3) is 1.00. The average Bonchev–Trinajstić information content (AvgIpc) is 2.57. The molecule has 25 heavy (non-hydrogen) atoms. The van der Waals surface area contributed by atoms with E-state index in [-0.39, 0.29) is 53.5 Å². The van der Waals surface area contributed by atoms with Crippen LogP contribution in [0.15, 0.2) is 0 Å². The van der Waals surface area contributed by atoms with Crippen LogP contribution < -0.4 is 63.3 Å². The Balaban J connectivity index is 0.00000288. The van der Waals surface area contributed by atoms with E-state index in [2.05, 4.69) is 0 Å². The first-order valence-electron chi connectivity index (χ1n) is 9.01. The van der Waals surface area contributed by atoms with Gasteiger partial charge < -0.3 is 57.5 Å². The van der Waals surface area contributed by atoms with Gasteiger partial charge in [0.2, 0.25) is 0 Å². The number of nitrogens with one attached hydrogen (secondary N) is 2. The molecule has 0 aliphatic carbocycles. The molecule has 0 unspecified atom stereocenters. The molecule has 0 radical (unpaired) electrons. The summed E-state index contributed by atoms with van der Waals surface area (Å²) < 4.78 is 28.6. The fourth-order valence-corrected chi connectivity index (χ4v) is 2.80. The summed E-state index contributed by atoms with van der Waals surface area (Å²) in [7, 11) is 0. The van der Waals surface area contributed by atoms with E-state index in [9.17, 15) is 0 Å². The summed E-state index contributed by atoms with van der Waals surface area (Å²) in [5.74, 6) is 0. The second-order valence-corrected chi connectivity index (χ2v) is 6.06. The maximum absolute atomic E-state index is 5.84. The van der Waals surface area contributed by atoms with Crippen molar-refractivity contribution < 1.29 is 87.0 Å². The van der Waals surface area contributed by atoms with Crippen molar-refractivity contribution in [1.29, 1.82) is 0 Å². The van der Waals surface area contributed by atoms with Gasteiger partial charge in [-0.3, -0.25) is 0 Å². The van der Waals surface area contributed by atoms with Crippen LogP contribution in [-0.4, -0.2) is 105 Å². The van der Waals surface area contributed by atoms with Crippen molar-refractivity contribution in [3.8, 4) is 0 Å². The molecule has 9 heteroatoms. The van der Waals surface area contributed by atoms with Gasteiger partial charge in [-0.2, -0.15) is 0 Å². The van der Waals surface area contributed by atoms with E-state index in [1.165, 1.54) is 9.80 Å². The number of hydrogen-bond donors (Lipinski definition) is 2. The molecular weight excluding hydrogens is 450 g/mol. The molecule has 0 aromatic carbocycles. The Morgan fingerprint density at radius 1 is 0.360 bits per heavy atom. The molecule has 0 atom stereocenters. The third-order valence-electron chi connectivity index (χ3n) is 4.34. The minimum Gasteiger partial charge on any atom is -1.00 e. The van der Waals surface area contributed by atoms with Crippen molar-refractivity contribution in [2.24, 2.45) is 0 Å². The summed E-state index contributed by atoms with van der Waals surface area (Å²) in [4.78, 5) is 2.95. The molecule has 2 bridgehead atoms. The van der Waals surface area contributed by atoms with Crippen LogP contribution >= 0.6 is 0 Å². The number of quaternary nitrogens is 2. The third-order valence-corrected chi connectivity index (χ3v) is 4.34. The van der Waals surface area contributed by atoms with Crippen LogP contribution in [0, 0.1) is 0 Å². The van der Waals surface area contributed by atoms with Gasteiger partial charge in [0, 0.05) is 0 Å². The molecule has 0 spiro atoms. The van der Waals surface area contributed by atoms with Crippen LogP contribution in [0.25, 0.3) is 0 Å². The standard InChI is InChI=1S/C16H32N2O5.HI.Na/c1-7-19-8-2-18-5-11-22-15-13-20-9-3-17(1)4-10-21-14-16-23-12-6-18;;/h1-16H2;1H;/q;;+1/p+1. The van der Waals surface area contributed by atoms with Crippen LogP contribution in [0.1, 0.15) is 0 Å². The molecule has 0 aromatic heterocycles. The van der Waals surface area contributed by atoms with E-state index in [1.54, 1.807) is 0 Å². The van der Waals surface area contributed by atoms with Gasteiger partial charge in [-0.05, 0) is 0 Å². The molecule has 0 amide bonds. The first-order chi connectivity index (χ1) is 11.4. The van der Waals surface area contributed by atoms with Gasteiger partial charge in [0.1, 0.15) is 39.3 Å². The largest absolute Gasteiger partial charge is 1.00 e. The monoisotopic (exact) mass is 484 g/mol. The zero-order valence-electron chi connectivity index (χ0n) is 15.7. The Morgan fingerprint density at radius 2 is 0.560 bits per heavy atom. The SMILES string of the molecule is C1COCC[NH+]2CCOCCOCC[NH+](CCO1)CCOCC2.[I-].[Na+]. The van der Waals surface area contributed by atoms with Crippen LogP contribution in [-0.2, 0) is 23.7 Å². The Hall–Kier alpha value is 1.45. The molecule has 2 heterocycles. The van der Waals surface area contributed by atoms with Crippen LogP contribution in [0.4, 0.5) is 0 Å². The quantitative estimate of drug-likeness (QED) is 0.203. The van der Waals surface area contributed by atoms with Gasteiger partial charge in [-0.25, -0.2) is 0 Å². The number of hydrogen-bond acceptors (Lipinski definition) is 5. The van der Waals surface area contributed by atoms with E-state index in [0.29, 0.717) is 26.4 Å². The topological polar surface area (TPSA) is 55.0 Å². The second-order valence-electron chi connectivity index (χ2n) is 6.06. The second kappa shape index (κ2) is 18.8. The molecule has 0 aromatic rings. The number of rotatable bonds is 0. The van der Waals surface area contributed by atoms with Gasteiger partial charge in [0.05, 0.1) is 66.1 Å². The van der Waals surface area contributed by atoms with Crippen molar-refractivity contribution in [2.45, 2.75) is 0 Å². The van der Waals surface area contributed by atoms with E-state index >= 15 is 0 Å². The molecule has 144 valence electrons. The van der Waals surface area contributed by atoms with Crippen molar-refractivity contribution in [2.75, 3.05) is 105 Å². The Labute approximate surface area is 191 Å². The first kappa shape index (κ1) is 26.4. The van der Waals surface area contributed by atoms with Crippen LogP contribution in [0.2, 0.25) is 0 Å². The van der Waals surface area contributed by atoms with Crippen molar-refractivity contribution >= 4 is 0 Å². The summed E-state index contributed by atoms with van der Waals surface area (Å²) in [6, 6.07) is 0. The summed E-state index contributed by atoms with van der Waals surface area (Å²) >= 11 is 0. The van der Waals surface area contributed by atoms with Gasteiger partial charge in [0.15, 0.2) is 0 Å². The van der Waals surface area contributed by atoms with Crippen molar-refractivity contribution in [1.82, 2.24) is 0 Å². The molecule has 2 fully saturated rings. The Morgan fingerprint density at radius 3 is 0.800 bits per heavy atom. The maximum Gasteiger partial charge on any atom is 1.00 e. The molecule has 2 rings (SSSR count). The molecule has 0 saturated carbocycles. The van der Waals surface area contributed by atoms with Crippen molar-refractivity contribution in [3.63, 3.8) is 0 Å². The molecule has 2 aliphatic heterocycles. The summed E-state index contributed by atoms with van der Waals surface area (Å²) in [6.45, 7) is 13.3. The van der Waals surface area contributed by atoms with Gasteiger partial charge in [-0.15, -0.1) is 0 Å². The average molecular weight is 484 g/mol. The van der Waals surface area contributed by atoms with E-state index in [4.69, 9.17) is 23.7 Å². The summed E-state index contributed by atoms with van der Waals surface area (Å²) in [6.07, 6.45) is 0. The zero-order chi connectivity index (χ0) is 16.0. The smallest absolute Gasteiger partial charge is 1.00 e. The predicted molar refractivity (Wildman–Crippen MR) is 85.2 cm³/mol. The molecule has 7 nitrogen and oxygen atoms in total. The van der Waals surface area contributed by atoms with E-state index in [0.717, 1.165) is 78.9 Å². The van der Waals surface area contributed by atoms with Crippen LogP contribution in [0.5, 0.6) is 0 Å². The fourth-order valence-electron chi connectivity index (χ4n) is 2.80. The molecule has 2 aliphatic rings. The van der Waals surface area contributed by atoms with Crippen LogP contribution in [0.3, 0.4) is 0 Å². The predicted octanol–water partition coefficient (Wildman–Crippen LogP) is -9.13. The minimum atomic E-state index is 0. The molecule has 2 N–H and O–H groups in total. The third kappa shape index (κ3) is 14.1. The normalized spacial score (nSPS) is 28.8. The number of fused-ring (bicyclic) bond motifs is 6. The van der Waals surface area contributed by atoms with Gasteiger partial charge in [0.25, 0.3) is 0 Å². The summed E-state index contributed by atoms with van der Waals surface area (Å²) in [5, 5.41) is 0. The minimum absolute atomic E-state index is 0. The zero-order valence-corrected chi connectivity index (χ0v) is 19.9. The van der Waals surface area contributed by atoms with E-state index in [1.807, 2.05) is 0 Å².